The molecule has 450 valence electrons. The molecule has 0 amide bonds. The summed E-state index contributed by atoms with van der Waals surface area (Å²) in [4.78, 5) is 0. The van der Waals surface area contributed by atoms with Crippen LogP contribution in [0.25, 0.3) is 153 Å². The predicted octanol–water partition coefficient (Wildman–Crippen LogP) is 20.6. The molecule has 0 N–H and O–H groups in total. The molecule has 0 saturated carbocycles. The van der Waals surface area contributed by atoms with Gasteiger partial charge in [-0.3, -0.25) is 0 Å². The maximum Gasteiger partial charge on any atom is 0.293 e. The van der Waals surface area contributed by atoms with E-state index >= 15 is 0 Å². The number of benzene rings is 14. The summed E-state index contributed by atoms with van der Waals surface area (Å²) in [5, 5.41) is 26.0. The SMILES string of the molecule is CC1(C)c2c3[n+](cc4ccccc24)COc2cc4ccc5ccccc5c4c1c2-3.CC1(C)c2cc3c4ccccc4ccc3[n+]3c2-c2c(cc4ccc5ccccc5c4c21)OC3.CC1(C)c2cc3ccc4ccccc4c3[n+]3c2-c2c(cc4ccc5ccccc5c4c21)OC3. The number of hydrogen-bond donors (Lipinski definition) is 0. The molecule has 3 aliphatic heterocycles. The van der Waals surface area contributed by atoms with Crippen molar-refractivity contribution in [2.24, 2.45) is 0 Å². The number of hydrogen-bond acceptors (Lipinski definition) is 3. The third kappa shape index (κ3) is 6.95. The zero-order valence-corrected chi connectivity index (χ0v) is 53.8. The third-order valence-electron chi connectivity index (χ3n) is 22.7. The zero-order valence-electron chi connectivity index (χ0n) is 53.8. The summed E-state index contributed by atoms with van der Waals surface area (Å²) in [6.07, 6.45) is 2.25. The van der Waals surface area contributed by atoms with Crippen LogP contribution in [-0.2, 0) is 36.4 Å². The van der Waals surface area contributed by atoms with E-state index in [-0.39, 0.29) is 16.2 Å². The molecule has 17 aromatic rings. The highest BCUT2D eigenvalue weighted by Gasteiger charge is 2.51. The van der Waals surface area contributed by atoms with E-state index in [9.17, 15) is 0 Å². The highest BCUT2D eigenvalue weighted by Crippen LogP contribution is 2.60. The molecule has 95 heavy (non-hydrogen) atoms. The molecule has 14 aromatic carbocycles. The van der Waals surface area contributed by atoms with Gasteiger partial charge in [-0.2, -0.15) is 13.7 Å². The largest absolute Gasteiger partial charge is 0.435 e. The maximum atomic E-state index is 6.50. The van der Waals surface area contributed by atoms with Crippen molar-refractivity contribution in [1.82, 2.24) is 0 Å². The first-order valence-corrected chi connectivity index (χ1v) is 33.5. The first-order chi connectivity index (χ1) is 46.4. The van der Waals surface area contributed by atoms with Crippen LogP contribution in [0.1, 0.15) is 74.9 Å². The van der Waals surface area contributed by atoms with Crippen LogP contribution in [-0.4, -0.2) is 0 Å². The fourth-order valence-electron chi connectivity index (χ4n) is 18.6. The van der Waals surface area contributed by atoms with Crippen molar-refractivity contribution >= 4 is 119 Å². The van der Waals surface area contributed by atoms with E-state index in [1.165, 1.54) is 186 Å². The first kappa shape index (κ1) is 53.3. The lowest BCUT2D eigenvalue weighted by Crippen LogP contribution is -2.43. The summed E-state index contributed by atoms with van der Waals surface area (Å²) in [5.74, 6) is 3.05. The van der Waals surface area contributed by atoms with Gasteiger partial charge in [0, 0.05) is 49.8 Å². The Bertz CT molecular complexity index is 6450. The number of nitrogens with zero attached hydrogens (tertiary/aromatic N) is 3. The van der Waals surface area contributed by atoms with Crippen molar-refractivity contribution < 1.29 is 27.9 Å². The summed E-state index contributed by atoms with van der Waals surface area (Å²) in [6, 6.07) is 86.5. The second-order valence-electron chi connectivity index (χ2n) is 28.7. The molecule has 0 bridgehead atoms. The number of pyridine rings is 3. The van der Waals surface area contributed by atoms with Crippen LogP contribution in [0.2, 0.25) is 0 Å². The van der Waals surface area contributed by atoms with E-state index in [1.54, 1.807) is 0 Å². The Balaban J connectivity index is 0.0000000952. The van der Waals surface area contributed by atoms with E-state index < -0.39 is 0 Å². The topological polar surface area (TPSA) is 39.3 Å². The fraction of sp³-hybridized carbons (Fsp3) is 0.135. The molecule has 6 nitrogen and oxygen atoms in total. The van der Waals surface area contributed by atoms with E-state index in [0.717, 1.165) is 17.2 Å². The molecule has 0 radical (unpaired) electrons. The predicted molar refractivity (Wildman–Crippen MR) is 387 cm³/mol. The monoisotopic (exact) mass is 1220 g/mol. The van der Waals surface area contributed by atoms with Gasteiger partial charge in [0.2, 0.25) is 28.1 Å². The summed E-state index contributed by atoms with van der Waals surface area (Å²) >= 11 is 0. The number of ether oxygens (including phenoxy) is 3. The average molecular weight is 1220 g/mol. The molecule has 0 fully saturated rings. The lowest BCUT2D eigenvalue weighted by Gasteiger charge is -2.24. The van der Waals surface area contributed by atoms with E-state index in [1.807, 2.05) is 0 Å². The van der Waals surface area contributed by atoms with Gasteiger partial charge in [0.05, 0.1) is 27.5 Å². The van der Waals surface area contributed by atoms with Crippen LogP contribution in [0, 0.1) is 0 Å². The second kappa shape index (κ2) is 18.5. The average Bonchev–Trinajstić information content (AvgIpc) is 1.55. The highest BCUT2D eigenvalue weighted by atomic mass is 16.5. The molecule has 23 rings (SSSR count). The van der Waals surface area contributed by atoms with Crippen molar-refractivity contribution in [3.63, 3.8) is 0 Å². The summed E-state index contributed by atoms with van der Waals surface area (Å²) in [7, 11) is 0. The van der Waals surface area contributed by atoms with Crippen LogP contribution in [0.4, 0.5) is 0 Å². The quantitative estimate of drug-likeness (QED) is 0.112. The minimum Gasteiger partial charge on any atom is -0.435 e. The van der Waals surface area contributed by atoms with Gasteiger partial charge in [-0.1, -0.05) is 217 Å². The van der Waals surface area contributed by atoms with Crippen molar-refractivity contribution in [3.05, 3.63) is 276 Å². The van der Waals surface area contributed by atoms with Gasteiger partial charge in [0.1, 0.15) is 17.2 Å². The van der Waals surface area contributed by atoms with E-state index in [2.05, 4.69) is 298 Å². The standard InChI is InChI=1S/2C31H22NO.C27H20NO/c1-31(2)24-15-21-14-12-19-8-4-6-10-23(19)29(21)32-17-33-25-16-20-13-11-18-7-3-5-9-22(18)26(20)28(31)27(25)30(24)32;1-31(2)24-16-23-21-9-5-3-7-18(21)13-14-25(23)32-17-33-26-15-20-12-11-19-8-4-6-10-22(19)27(20)29(31)28(26)30(24)32;1-27(2)24-20-10-6-4-8-18(20)14-28-15-29-21-13-17-12-11-16-7-3-5-9-19(16)22(17)25(27)23(21)26(24)28/h2*3-16H,17H2,1-2H3;3-14H,15H2,1-2H3/q3*+1. The molecule has 6 aliphatic rings. The van der Waals surface area contributed by atoms with E-state index in [0.29, 0.717) is 20.2 Å². The van der Waals surface area contributed by atoms with Gasteiger partial charge in [-0.25, -0.2) is 0 Å². The molecule has 0 unspecified atom stereocenters. The van der Waals surface area contributed by atoms with Crippen LogP contribution >= 0.6 is 0 Å². The Labute approximate surface area is 548 Å². The molecular weight excluding hydrogens is 1160 g/mol. The minimum atomic E-state index is -0.135. The first-order valence-electron chi connectivity index (χ1n) is 33.5. The van der Waals surface area contributed by atoms with Crippen molar-refractivity contribution in [1.29, 1.82) is 0 Å². The second-order valence-corrected chi connectivity index (χ2v) is 28.7. The Morgan fingerprint density at radius 3 is 1.21 bits per heavy atom. The lowest BCUT2D eigenvalue weighted by molar-refractivity contribution is -0.716. The summed E-state index contributed by atoms with van der Waals surface area (Å²) in [6.45, 7) is 15.9. The number of fused-ring (bicyclic) bond motifs is 22. The number of aromatic nitrogens is 3. The molecule has 6 heterocycles. The molecule has 0 saturated heterocycles. The lowest BCUT2D eigenvalue weighted by atomic mass is 9.78. The van der Waals surface area contributed by atoms with Crippen LogP contribution in [0.5, 0.6) is 17.2 Å². The summed E-state index contributed by atoms with van der Waals surface area (Å²) < 4.78 is 26.4. The van der Waals surface area contributed by atoms with Gasteiger partial charge in [0.15, 0.2) is 6.20 Å². The Hall–Kier alpha value is -11.2. The molecule has 6 heteroatoms. The Kier molecular flexibility index (Phi) is 10.4. The third-order valence-corrected chi connectivity index (χ3v) is 22.7. The van der Waals surface area contributed by atoms with Crippen LogP contribution in [0.3, 0.4) is 0 Å². The highest BCUT2D eigenvalue weighted by molar-refractivity contribution is 6.18. The molecule has 0 spiro atoms. The maximum absolute atomic E-state index is 6.50. The molecule has 3 aliphatic carbocycles. The molecule has 0 atom stereocenters. The van der Waals surface area contributed by atoms with Gasteiger partial charge in [-0.05, 0) is 157 Å². The van der Waals surface area contributed by atoms with Gasteiger partial charge >= 0.3 is 0 Å². The summed E-state index contributed by atoms with van der Waals surface area (Å²) in [5.41, 5.74) is 18.4. The van der Waals surface area contributed by atoms with E-state index in [4.69, 9.17) is 14.2 Å². The van der Waals surface area contributed by atoms with Gasteiger partial charge in [0.25, 0.3) is 20.2 Å². The van der Waals surface area contributed by atoms with Crippen molar-refractivity contribution in [3.8, 4) is 51.0 Å². The van der Waals surface area contributed by atoms with Crippen LogP contribution in [0.15, 0.2) is 243 Å². The number of rotatable bonds is 0. The molecular formula is C89H64N3O3+3. The zero-order chi connectivity index (χ0) is 63.1. The Morgan fingerprint density at radius 1 is 0.284 bits per heavy atom. The Morgan fingerprint density at radius 2 is 0.663 bits per heavy atom. The normalized spacial score (nSPS) is 15.4. The minimum absolute atomic E-state index is 0.112. The smallest absolute Gasteiger partial charge is 0.293 e. The van der Waals surface area contributed by atoms with Gasteiger partial charge in [-0.15, -0.1) is 0 Å². The van der Waals surface area contributed by atoms with Crippen molar-refractivity contribution in [2.75, 3.05) is 0 Å². The van der Waals surface area contributed by atoms with Crippen LogP contribution < -0.4 is 27.9 Å². The van der Waals surface area contributed by atoms with Crippen molar-refractivity contribution in [2.45, 2.75) is 78.0 Å². The fourth-order valence-corrected chi connectivity index (χ4v) is 18.6. The molecule has 3 aromatic heterocycles. The van der Waals surface area contributed by atoms with Gasteiger partial charge < -0.3 is 14.2 Å².